The van der Waals surface area contributed by atoms with Crippen LogP contribution in [-0.2, 0) is 6.42 Å². The first kappa shape index (κ1) is 19.0. The fraction of sp³-hybridized carbons (Fsp3) is 0.280. The first-order chi connectivity index (χ1) is 12.0. The van der Waals surface area contributed by atoms with Gasteiger partial charge in [-0.3, -0.25) is 0 Å². The van der Waals surface area contributed by atoms with Gasteiger partial charge in [-0.2, -0.15) is 0 Å². The lowest BCUT2D eigenvalue weighted by Crippen LogP contribution is -1.96. The summed E-state index contributed by atoms with van der Waals surface area (Å²) in [4.78, 5) is 0. The maximum absolute atomic E-state index is 4.31. The van der Waals surface area contributed by atoms with Crippen LogP contribution in [0.5, 0.6) is 0 Å². The lowest BCUT2D eigenvalue weighted by atomic mass is 9.91. The second-order valence-electron chi connectivity index (χ2n) is 6.78. The van der Waals surface area contributed by atoms with E-state index in [4.69, 9.17) is 0 Å². The predicted octanol–water partition coefficient (Wildman–Crippen LogP) is 7.35. The van der Waals surface area contributed by atoms with Gasteiger partial charge in [0, 0.05) is 0 Å². The van der Waals surface area contributed by atoms with Crippen LogP contribution in [0.1, 0.15) is 56.2 Å². The highest BCUT2D eigenvalue weighted by molar-refractivity contribution is 5.64. The molecular weight excluding hydrogens is 300 g/mol. The fourth-order valence-corrected chi connectivity index (χ4v) is 3.26. The van der Waals surface area contributed by atoms with E-state index in [0.29, 0.717) is 5.92 Å². The second kappa shape index (κ2) is 9.22. The third kappa shape index (κ3) is 5.32. The molecular formula is C25H30. The standard InChI is InChI=1S/C25H30/c1-6-23(7-2)24-15-13-22(14-16-24)18-25(19(3)4)20(5)17-21-11-9-8-10-12-21/h8-16,18,23H,3,5-7,17H2,1-2,4H3/b25-18-. The third-order valence-electron chi connectivity index (χ3n) is 4.81. The van der Waals surface area contributed by atoms with E-state index < -0.39 is 0 Å². The fourth-order valence-electron chi connectivity index (χ4n) is 3.26. The largest absolute Gasteiger partial charge is 0.0955 e. The molecule has 0 heterocycles. The van der Waals surface area contributed by atoms with Gasteiger partial charge in [0.1, 0.15) is 0 Å². The predicted molar refractivity (Wildman–Crippen MR) is 112 cm³/mol. The molecule has 2 aromatic rings. The van der Waals surface area contributed by atoms with E-state index in [2.05, 4.69) is 88.5 Å². The lowest BCUT2D eigenvalue weighted by molar-refractivity contribution is 0.642. The molecule has 0 aromatic heterocycles. The van der Waals surface area contributed by atoms with E-state index in [0.717, 1.165) is 23.1 Å². The van der Waals surface area contributed by atoms with Crippen LogP contribution in [-0.4, -0.2) is 0 Å². The van der Waals surface area contributed by atoms with E-state index in [1.807, 2.05) is 6.07 Å². The van der Waals surface area contributed by atoms with Crippen molar-refractivity contribution in [3.05, 3.63) is 101 Å². The van der Waals surface area contributed by atoms with E-state index in [9.17, 15) is 0 Å². The van der Waals surface area contributed by atoms with Crippen molar-refractivity contribution in [1.29, 1.82) is 0 Å². The molecule has 2 rings (SSSR count). The number of allylic oxidation sites excluding steroid dienone is 3. The van der Waals surface area contributed by atoms with Gasteiger partial charge in [-0.25, -0.2) is 0 Å². The van der Waals surface area contributed by atoms with Gasteiger partial charge in [0.15, 0.2) is 0 Å². The summed E-state index contributed by atoms with van der Waals surface area (Å²) in [7, 11) is 0. The zero-order valence-electron chi connectivity index (χ0n) is 15.9. The van der Waals surface area contributed by atoms with Gasteiger partial charge in [-0.05, 0) is 66.0 Å². The Bertz CT molecular complexity index is 725. The SMILES string of the molecule is C=C(C)/C(=C/c1ccc(C(CC)CC)cc1)C(=C)Cc1ccccc1. The van der Waals surface area contributed by atoms with E-state index in [-0.39, 0.29) is 0 Å². The Morgan fingerprint density at radius 3 is 2.04 bits per heavy atom. The van der Waals surface area contributed by atoms with Crippen molar-refractivity contribution >= 4 is 6.08 Å². The molecule has 130 valence electrons. The molecule has 2 aromatic carbocycles. The average molecular weight is 331 g/mol. The van der Waals surface area contributed by atoms with Crippen LogP contribution in [0.15, 0.2) is 84.5 Å². The molecule has 25 heavy (non-hydrogen) atoms. The summed E-state index contributed by atoms with van der Waals surface area (Å²) >= 11 is 0. The van der Waals surface area contributed by atoms with Crippen molar-refractivity contribution in [1.82, 2.24) is 0 Å². The number of hydrogen-bond acceptors (Lipinski definition) is 0. The molecule has 0 atom stereocenters. The summed E-state index contributed by atoms with van der Waals surface area (Å²) in [6.07, 6.45) is 5.45. The van der Waals surface area contributed by atoms with Gasteiger partial charge < -0.3 is 0 Å². The molecule has 0 aliphatic heterocycles. The van der Waals surface area contributed by atoms with Crippen molar-refractivity contribution in [3.63, 3.8) is 0 Å². The Hall–Kier alpha value is -2.34. The maximum Gasteiger partial charge on any atom is -0.00256 e. The molecule has 0 aliphatic rings. The molecule has 0 spiro atoms. The molecule has 0 fully saturated rings. The molecule has 0 amide bonds. The van der Waals surface area contributed by atoms with Gasteiger partial charge >= 0.3 is 0 Å². The lowest BCUT2D eigenvalue weighted by Gasteiger charge is -2.14. The normalized spacial score (nSPS) is 11.6. The van der Waals surface area contributed by atoms with Crippen LogP contribution in [0, 0.1) is 0 Å². The monoisotopic (exact) mass is 330 g/mol. The number of hydrogen-bond donors (Lipinski definition) is 0. The van der Waals surface area contributed by atoms with Crippen molar-refractivity contribution in [2.75, 3.05) is 0 Å². The Morgan fingerprint density at radius 1 is 0.920 bits per heavy atom. The smallest absolute Gasteiger partial charge is 0.00256 e. The Morgan fingerprint density at radius 2 is 1.52 bits per heavy atom. The van der Waals surface area contributed by atoms with Crippen molar-refractivity contribution in [2.24, 2.45) is 0 Å². The molecule has 0 heteroatoms. The van der Waals surface area contributed by atoms with Gasteiger partial charge in [0.2, 0.25) is 0 Å². The Kier molecular flexibility index (Phi) is 7.01. The van der Waals surface area contributed by atoms with Crippen LogP contribution in [0.3, 0.4) is 0 Å². The highest BCUT2D eigenvalue weighted by Crippen LogP contribution is 2.26. The van der Waals surface area contributed by atoms with Crippen LogP contribution in [0.2, 0.25) is 0 Å². The summed E-state index contributed by atoms with van der Waals surface area (Å²) < 4.78 is 0. The van der Waals surface area contributed by atoms with Crippen LogP contribution >= 0.6 is 0 Å². The zero-order valence-corrected chi connectivity index (χ0v) is 15.9. The summed E-state index contributed by atoms with van der Waals surface area (Å²) in [6, 6.07) is 19.4. The zero-order chi connectivity index (χ0) is 18.2. The Balaban J connectivity index is 2.21. The van der Waals surface area contributed by atoms with Gasteiger partial charge in [-0.15, -0.1) is 0 Å². The minimum Gasteiger partial charge on any atom is -0.0955 e. The van der Waals surface area contributed by atoms with E-state index in [1.54, 1.807) is 0 Å². The molecule has 0 radical (unpaired) electrons. The first-order valence-corrected chi connectivity index (χ1v) is 9.24. The van der Waals surface area contributed by atoms with Crippen molar-refractivity contribution in [2.45, 2.75) is 46.0 Å². The summed E-state index contributed by atoms with van der Waals surface area (Å²) in [6.45, 7) is 15.0. The first-order valence-electron chi connectivity index (χ1n) is 9.24. The highest BCUT2D eigenvalue weighted by atomic mass is 14.1. The van der Waals surface area contributed by atoms with Gasteiger partial charge in [0.05, 0.1) is 0 Å². The summed E-state index contributed by atoms with van der Waals surface area (Å²) in [5, 5.41) is 0. The third-order valence-corrected chi connectivity index (χ3v) is 4.81. The molecule has 0 N–H and O–H groups in total. The number of rotatable bonds is 8. The molecule has 0 aliphatic carbocycles. The van der Waals surface area contributed by atoms with Gasteiger partial charge in [-0.1, -0.05) is 87.2 Å². The topological polar surface area (TPSA) is 0 Å². The minimum absolute atomic E-state index is 0.659. The van der Waals surface area contributed by atoms with Crippen molar-refractivity contribution in [3.8, 4) is 0 Å². The van der Waals surface area contributed by atoms with Crippen LogP contribution < -0.4 is 0 Å². The molecule has 0 saturated carbocycles. The quantitative estimate of drug-likeness (QED) is 0.444. The molecule has 0 nitrogen and oxygen atoms in total. The molecule has 0 bridgehead atoms. The summed E-state index contributed by atoms with van der Waals surface area (Å²) in [5.41, 5.74) is 7.25. The van der Waals surface area contributed by atoms with Crippen molar-refractivity contribution < 1.29 is 0 Å². The Labute approximate surface area is 153 Å². The summed E-state index contributed by atoms with van der Waals surface area (Å²) in [5.74, 6) is 0.659. The molecule has 0 unspecified atom stereocenters. The van der Waals surface area contributed by atoms with Crippen LogP contribution in [0.25, 0.3) is 6.08 Å². The average Bonchev–Trinajstić information content (AvgIpc) is 2.62. The van der Waals surface area contributed by atoms with E-state index >= 15 is 0 Å². The van der Waals surface area contributed by atoms with Gasteiger partial charge in [0.25, 0.3) is 0 Å². The highest BCUT2D eigenvalue weighted by Gasteiger charge is 2.08. The second-order valence-corrected chi connectivity index (χ2v) is 6.78. The van der Waals surface area contributed by atoms with E-state index in [1.165, 1.54) is 29.5 Å². The number of benzene rings is 2. The maximum atomic E-state index is 4.31. The van der Waals surface area contributed by atoms with Crippen LogP contribution in [0.4, 0.5) is 0 Å². The minimum atomic E-state index is 0.659. The molecule has 0 saturated heterocycles.